The van der Waals surface area contributed by atoms with Crippen LogP contribution < -0.4 is 9.64 Å². The molecule has 0 N–H and O–H groups in total. The third-order valence-electron chi connectivity index (χ3n) is 19.8. The summed E-state index contributed by atoms with van der Waals surface area (Å²) in [6, 6.07) is 104. The van der Waals surface area contributed by atoms with Gasteiger partial charge >= 0.3 is 0 Å². The second-order valence-electron chi connectivity index (χ2n) is 26.3. The molecule has 0 atom stereocenters. The zero-order valence-electron chi connectivity index (χ0n) is 49.2. The van der Waals surface area contributed by atoms with Crippen molar-refractivity contribution in [1.29, 1.82) is 0 Å². The molecule has 5 aliphatic rings. The molecule has 12 aromatic carbocycles. The Kier molecular flexibility index (Phi) is 10.9. The third-order valence-corrected chi connectivity index (χ3v) is 20.9. The first kappa shape index (κ1) is 51.0. The second-order valence-corrected chi connectivity index (χ2v) is 27.3. The van der Waals surface area contributed by atoms with Gasteiger partial charge in [0.15, 0.2) is 0 Å². The molecule has 12 aromatic rings. The molecule has 0 aromatic heterocycles. The molecule has 0 amide bonds. The van der Waals surface area contributed by atoms with Crippen molar-refractivity contribution in [3.63, 3.8) is 0 Å². The van der Waals surface area contributed by atoms with Crippen LogP contribution in [0.5, 0.6) is 11.5 Å². The van der Waals surface area contributed by atoms with Crippen LogP contribution in [0.3, 0.4) is 0 Å². The smallest absolute Gasteiger partial charge is 0.132 e. The number of benzene rings is 12. The Balaban J connectivity index is 0.984. The topological polar surface area (TPSA) is 12.5 Å². The van der Waals surface area contributed by atoms with Gasteiger partial charge in [-0.2, -0.15) is 0 Å². The SMILES string of the molecule is CC(C)(C)c1ccc2c(c1)C1(c3cc(C(C)(C)C)ccc3O2)c2ccccc2-c2ccc(N(c3ccc4c(c3)C(c3ccccc3)(c3ccccc3)c3ccccc3-4)c3ccc4c(c3)C3(c5ccccc5Sc5ccccc53)c3ccccc3-4)cc21. The van der Waals surface area contributed by atoms with Crippen LogP contribution in [0.4, 0.5) is 17.1 Å². The highest BCUT2D eigenvalue weighted by Crippen LogP contribution is 2.66. The maximum atomic E-state index is 7.17. The first-order chi connectivity index (χ1) is 41.9. The van der Waals surface area contributed by atoms with Gasteiger partial charge in [0, 0.05) is 38.0 Å². The highest BCUT2D eigenvalue weighted by atomic mass is 32.2. The molecular weight excluding hydrogens is 1060 g/mol. The number of hydrogen-bond acceptors (Lipinski definition) is 3. The number of anilines is 3. The minimum atomic E-state index is -0.731. The van der Waals surface area contributed by atoms with Crippen LogP contribution in [0.25, 0.3) is 33.4 Å². The van der Waals surface area contributed by atoms with E-state index in [2.05, 4.69) is 319 Å². The Labute approximate surface area is 509 Å². The van der Waals surface area contributed by atoms with Crippen LogP contribution in [0.1, 0.15) is 119 Å². The lowest BCUT2D eigenvalue weighted by Gasteiger charge is -2.41. The number of hydrogen-bond donors (Lipinski definition) is 0. The summed E-state index contributed by atoms with van der Waals surface area (Å²) in [6.07, 6.45) is 0. The molecule has 2 spiro atoms. The lowest BCUT2D eigenvalue weighted by molar-refractivity contribution is 0.433. The lowest BCUT2D eigenvalue weighted by Crippen LogP contribution is -2.33. The van der Waals surface area contributed by atoms with E-state index in [1.807, 2.05) is 11.8 Å². The van der Waals surface area contributed by atoms with Crippen LogP contribution in [-0.2, 0) is 27.1 Å². The molecule has 86 heavy (non-hydrogen) atoms. The van der Waals surface area contributed by atoms with Gasteiger partial charge in [-0.05, 0) is 184 Å². The lowest BCUT2D eigenvalue weighted by atomic mass is 9.64. The van der Waals surface area contributed by atoms with Gasteiger partial charge in [0.05, 0.1) is 16.2 Å². The van der Waals surface area contributed by atoms with Crippen molar-refractivity contribution in [2.45, 2.75) is 78.4 Å². The predicted octanol–water partition coefficient (Wildman–Crippen LogP) is 21.4. The van der Waals surface area contributed by atoms with Crippen molar-refractivity contribution >= 4 is 28.8 Å². The fourth-order valence-electron chi connectivity index (χ4n) is 16.0. The van der Waals surface area contributed by atoms with E-state index in [-0.39, 0.29) is 10.8 Å². The molecular formula is C83H63NOS. The van der Waals surface area contributed by atoms with Crippen molar-refractivity contribution in [3.8, 4) is 44.9 Å². The zero-order valence-corrected chi connectivity index (χ0v) is 50.1. The summed E-state index contributed by atoms with van der Waals surface area (Å²) in [5, 5.41) is 0. The van der Waals surface area contributed by atoms with Crippen LogP contribution in [0, 0.1) is 0 Å². The van der Waals surface area contributed by atoms with E-state index in [1.165, 1.54) is 121 Å². The molecule has 0 saturated carbocycles. The molecule has 2 heterocycles. The maximum Gasteiger partial charge on any atom is 0.132 e. The number of ether oxygens (including phenoxy) is 1. The third kappa shape index (κ3) is 6.86. The minimum absolute atomic E-state index is 0.117. The summed E-state index contributed by atoms with van der Waals surface area (Å²) in [4.78, 5) is 5.17. The summed E-state index contributed by atoms with van der Waals surface area (Å²) in [7, 11) is 0. The van der Waals surface area contributed by atoms with E-state index >= 15 is 0 Å². The standard InChI is InChI=1S/C83H63NOS/c1-79(2,3)54-37-45-75-73(47-54)83(74-48-55(80(4,5)6)38-46-76(74)85-75)67-32-18-15-29-61(67)64-44-41-58(51-72(64)83)84(56-39-42-62-59-27-13-16-30-65(59)81(70(62)49-56,52-23-9-7-10-24-52)53-25-11-8-12-26-53)57-40-43-63-60-28-14-17-31-66(60)82(71(63)50-57)68-33-19-21-35-77(68)86-78-36-22-20-34-69(78)82/h7-51H,1-6H3. The monoisotopic (exact) mass is 1120 g/mol. The normalized spacial score (nSPS) is 15.2. The van der Waals surface area contributed by atoms with Gasteiger partial charge in [-0.1, -0.05) is 253 Å². The van der Waals surface area contributed by atoms with Crippen LogP contribution >= 0.6 is 11.8 Å². The fourth-order valence-corrected chi connectivity index (χ4v) is 17.2. The molecule has 2 nitrogen and oxygen atoms in total. The van der Waals surface area contributed by atoms with Crippen molar-refractivity contribution in [2.24, 2.45) is 0 Å². The molecule has 0 fully saturated rings. The minimum Gasteiger partial charge on any atom is -0.457 e. The van der Waals surface area contributed by atoms with E-state index in [9.17, 15) is 0 Å². The molecule has 2 aliphatic heterocycles. The van der Waals surface area contributed by atoms with Crippen LogP contribution in [0.15, 0.2) is 283 Å². The van der Waals surface area contributed by atoms with Crippen LogP contribution in [-0.4, -0.2) is 0 Å². The number of rotatable bonds is 5. The molecule has 0 radical (unpaired) electrons. The Bertz CT molecular complexity index is 4660. The molecule has 0 unspecified atom stereocenters. The summed E-state index contributed by atoms with van der Waals surface area (Å²) in [5.41, 5.74) is 26.3. The molecule has 3 aliphatic carbocycles. The summed E-state index contributed by atoms with van der Waals surface area (Å²) in [6.45, 7) is 13.9. The first-order valence-corrected chi connectivity index (χ1v) is 31.2. The Morgan fingerprint density at radius 1 is 0.279 bits per heavy atom. The highest BCUT2D eigenvalue weighted by Gasteiger charge is 2.54. The highest BCUT2D eigenvalue weighted by molar-refractivity contribution is 7.99. The Hall–Kier alpha value is -9.41. The van der Waals surface area contributed by atoms with Gasteiger partial charge in [0.2, 0.25) is 0 Å². The van der Waals surface area contributed by atoms with E-state index in [4.69, 9.17) is 4.74 Å². The van der Waals surface area contributed by atoms with Gasteiger partial charge in [-0.15, -0.1) is 0 Å². The van der Waals surface area contributed by atoms with Crippen molar-refractivity contribution < 1.29 is 4.74 Å². The molecule has 0 bridgehead atoms. The van der Waals surface area contributed by atoms with E-state index in [0.717, 1.165) is 28.6 Å². The number of fused-ring (bicyclic) bond motifs is 21. The van der Waals surface area contributed by atoms with E-state index in [0.29, 0.717) is 0 Å². The molecule has 3 heteroatoms. The largest absolute Gasteiger partial charge is 0.457 e. The summed E-state index contributed by atoms with van der Waals surface area (Å²) in [5.74, 6) is 1.79. The van der Waals surface area contributed by atoms with Gasteiger partial charge < -0.3 is 9.64 Å². The molecule has 17 rings (SSSR count). The quantitative estimate of drug-likeness (QED) is 0.170. The predicted molar refractivity (Wildman–Crippen MR) is 355 cm³/mol. The summed E-state index contributed by atoms with van der Waals surface area (Å²) < 4.78 is 7.17. The number of nitrogens with zero attached hydrogens (tertiary/aromatic N) is 1. The fraction of sp³-hybridized carbons (Fsp3) is 0.133. The van der Waals surface area contributed by atoms with Crippen molar-refractivity contribution in [3.05, 3.63) is 351 Å². The maximum absolute atomic E-state index is 7.17. The molecule has 412 valence electrons. The van der Waals surface area contributed by atoms with E-state index < -0.39 is 16.2 Å². The van der Waals surface area contributed by atoms with Crippen molar-refractivity contribution in [1.82, 2.24) is 0 Å². The Morgan fingerprint density at radius 3 is 1.01 bits per heavy atom. The van der Waals surface area contributed by atoms with Gasteiger partial charge in [-0.25, -0.2) is 0 Å². The Morgan fingerprint density at radius 2 is 0.605 bits per heavy atom. The average Bonchev–Trinajstić information content (AvgIpc) is 1.52. The second kappa shape index (κ2) is 18.3. The van der Waals surface area contributed by atoms with Gasteiger partial charge in [0.1, 0.15) is 11.5 Å². The average molecular weight is 1120 g/mol. The van der Waals surface area contributed by atoms with Crippen molar-refractivity contribution in [2.75, 3.05) is 4.90 Å². The summed E-state index contributed by atoms with van der Waals surface area (Å²) >= 11 is 1.89. The zero-order chi connectivity index (χ0) is 57.9. The first-order valence-electron chi connectivity index (χ1n) is 30.4. The van der Waals surface area contributed by atoms with Crippen LogP contribution in [0.2, 0.25) is 0 Å². The molecule has 0 saturated heterocycles. The van der Waals surface area contributed by atoms with Gasteiger partial charge in [-0.3, -0.25) is 0 Å². The van der Waals surface area contributed by atoms with E-state index in [1.54, 1.807) is 0 Å². The van der Waals surface area contributed by atoms with Gasteiger partial charge in [0.25, 0.3) is 0 Å².